The average Bonchev–Trinajstić information content (AvgIpc) is 1.36. The number of rotatable bonds is 14. The third kappa shape index (κ3) is 14.3. The Bertz CT molecular complexity index is 9390. The monoisotopic (exact) mass is 1830 g/mol. The van der Waals surface area contributed by atoms with Crippen molar-refractivity contribution in [1.29, 1.82) is 0 Å². The fourth-order valence-electron chi connectivity index (χ4n) is 23.2. The first-order chi connectivity index (χ1) is 71.1. The molecule has 0 spiro atoms. The molecule has 0 saturated heterocycles. The van der Waals surface area contributed by atoms with Crippen molar-refractivity contribution in [2.24, 2.45) is 0 Å². The van der Waals surface area contributed by atoms with E-state index in [0.29, 0.717) is 0 Å². The molecular formula is C140H96N4. The van der Waals surface area contributed by atoms with E-state index < -0.39 is 0 Å². The number of benzene rings is 24. The highest BCUT2D eigenvalue weighted by atomic mass is 15.0. The topological polar surface area (TPSA) is 19.7 Å². The van der Waals surface area contributed by atoms with E-state index in [1.165, 1.54) is 287 Å². The van der Waals surface area contributed by atoms with Crippen LogP contribution in [0.5, 0.6) is 0 Å². The van der Waals surface area contributed by atoms with Crippen molar-refractivity contribution in [3.8, 4) is 134 Å². The molecule has 28 rings (SSSR count). The number of hydrogen-bond acceptors (Lipinski definition) is 0. The van der Waals surface area contributed by atoms with Crippen LogP contribution in [0.25, 0.3) is 264 Å². The molecule has 28 aromatic rings. The molecule has 144 heavy (non-hydrogen) atoms. The summed E-state index contributed by atoms with van der Waals surface area (Å²) in [5.41, 5.74) is 44.0. The smallest absolute Gasteiger partial charge is 0.0541 e. The second-order valence-corrected chi connectivity index (χ2v) is 38.7. The van der Waals surface area contributed by atoms with Crippen LogP contribution in [0.4, 0.5) is 0 Å². The Morgan fingerprint density at radius 2 is 0.250 bits per heavy atom. The van der Waals surface area contributed by atoms with E-state index in [1.807, 2.05) is 0 Å². The molecule has 0 amide bonds. The maximum Gasteiger partial charge on any atom is 0.0541 e. The van der Waals surface area contributed by atoms with Gasteiger partial charge in [-0.2, -0.15) is 0 Å². The zero-order chi connectivity index (χ0) is 95.7. The Balaban J connectivity index is 0.000000145. The Morgan fingerprint density at radius 3 is 0.444 bits per heavy atom. The van der Waals surface area contributed by atoms with Crippen molar-refractivity contribution in [3.63, 3.8) is 0 Å². The van der Waals surface area contributed by atoms with Gasteiger partial charge in [-0.25, -0.2) is 0 Å². The van der Waals surface area contributed by atoms with Crippen molar-refractivity contribution in [3.05, 3.63) is 532 Å². The first-order valence-corrected chi connectivity index (χ1v) is 50.0. The van der Waals surface area contributed by atoms with Gasteiger partial charge in [-0.3, -0.25) is 0 Å². The minimum absolute atomic E-state index is 1.17. The maximum absolute atomic E-state index is 2.41. The average molecular weight is 1830 g/mol. The van der Waals surface area contributed by atoms with Gasteiger partial charge in [0.25, 0.3) is 0 Å². The van der Waals surface area contributed by atoms with E-state index in [2.05, 4.69) is 556 Å². The lowest BCUT2D eigenvalue weighted by Gasteiger charge is -2.19. The van der Waals surface area contributed by atoms with Gasteiger partial charge in [0, 0.05) is 65.8 Å². The molecule has 4 aromatic heterocycles. The number of para-hydroxylation sites is 8. The largest absolute Gasteiger partial charge is 0.309 e. The van der Waals surface area contributed by atoms with Crippen LogP contribution in [0.1, 0.15) is 22.3 Å². The molecular weight excluding hydrogens is 1740 g/mol. The summed E-state index contributed by atoms with van der Waals surface area (Å²) in [5, 5.41) is 20.2. The number of hydrogen-bond donors (Lipinski definition) is 0. The minimum Gasteiger partial charge on any atom is -0.309 e. The molecule has 0 aliphatic rings. The van der Waals surface area contributed by atoms with Crippen LogP contribution in [-0.2, 0) is 0 Å². The van der Waals surface area contributed by atoms with Gasteiger partial charge in [0.05, 0.1) is 44.1 Å². The lowest BCUT2D eigenvalue weighted by molar-refractivity contribution is 1.18. The molecule has 0 radical (unpaired) electrons. The van der Waals surface area contributed by atoms with E-state index in [1.54, 1.807) is 0 Å². The lowest BCUT2D eigenvalue weighted by Crippen LogP contribution is -1.93. The number of nitrogens with zero attached hydrogens (tertiary/aromatic N) is 4. The normalized spacial score (nSPS) is 11.8. The SMILES string of the molecule is Cc1cc2c(-c3ccc(-c4ccc(-c5ccc6c(c5)c5ccccc5n6-c5ccccc5)cc4)cc3)c3ccccc3c(-c3ccc(-c4ccc(-c5ccc6c(c5)c5ccccc5n6-c5ccccc5)cc4)cc3)c2cc1C.Cc1cc2c(-c3ccc(-c4ccc5c(c4)c4ccccc4n5-c4ccccc4)cc3)c3ccccc3c(-c3ccc(-c4ccc5c(c4)c4ccccc4n5-c4ccccc4)cc3)c2cc1C. The highest BCUT2D eigenvalue weighted by Gasteiger charge is 2.25. The van der Waals surface area contributed by atoms with Gasteiger partial charge in [-0.1, -0.05) is 388 Å². The summed E-state index contributed by atoms with van der Waals surface area (Å²) in [6.07, 6.45) is 0. The van der Waals surface area contributed by atoms with Gasteiger partial charge in [-0.15, -0.1) is 0 Å². The van der Waals surface area contributed by atoms with Gasteiger partial charge in [0.15, 0.2) is 0 Å². The van der Waals surface area contributed by atoms with Crippen LogP contribution in [-0.4, -0.2) is 18.3 Å². The van der Waals surface area contributed by atoms with E-state index in [9.17, 15) is 0 Å². The molecule has 0 unspecified atom stereocenters. The summed E-state index contributed by atoms with van der Waals surface area (Å²) >= 11 is 0. The molecule has 0 fully saturated rings. The van der Waals surface area contributed by atoms with Crippen molar-refractivity contribution < 1.29 is 0 Å². The molecule has 676 valence electrons. The van der Waals surface area contributed by atoms with Crippen LogP contribution in [0.15, 0.2) is 510 Å². The lowest BCUT2D eigenvalue weighted by atomic mass is 9.84. The van der Waals surface area contributed by atoms with Crippen molar-refractivity contribution in [2.75, 3.05) is 0 Å². The first-order valence-electron chi connectivity index (χ1n) is 50.0. The second kappa shape index (κ2) is 34.8. The molecule has 0 atom stereocenters. The zero-order valence-corrected chi connectivity index (χ0v) is 80.3. The van der Waals surface area contributed by atoms with Crippen LogP contribution in [0, 0.1) is 27.7 Å². The third-order valence-corrected chi connectivity index (χ3v) is 30.5. The Labute approximate surface area is 836 Å². The van der Waals surface area contributed by atoms with Crippen LogP contribution in [0.3, 0.4) is 0 Å². The highest BCUT2D eigenvalue weighted by molar-refractivity contribution is 6.24. The minimum atomic E-state index is 1.17. The predicted octanol–water partition coefficient (Wildman–Crippen LogP) is 38.3. The van der Waals surface area contributed by atoms with E-state index in [-0.39, 0.29) is 0 Å². The molecule has 4 heteroatoms. The molecule has 0 N–H and O–H groups in total. The summed E-state index contributed by atoms with van der Waals surface area (Å²) in [6, 6.07) is 188. The first kappa shape index (κ1) is 84.8. The molecule has 0 aliphatic carbocycles. The van der Waals surface area contributed by atoms with Crippen LogP contribution >= 0.6 is 0 Å². The fraction of sp³-hybridized carbons (Fsp3) is 0.0286. The number of aryl methyl sites for hydroxylation is 4. The molecule has 24 aromatic carbocycles. The molecule has 0 aliphatic heterocycles. The molecule has 4 heterocycles. The van der Waals surface area contributed by atoms with Crippen molar-refractivity contribution in [2.45, 2.75) is 27.7 Å². The van der Waals surface area contributed by atoms with E-state index in [0.717, 1.165) is 0 Å². The number of fused-ring (bicyclic) bond motifs is 16. The van der Waals surface area contributed by atoms with Crippen molar-refractivity contribution in [1.82, 2.24) is 18.3 Å². The second-order valence-electron chi connectivity index (χ2n) is 38.7. The van der Waals surface area contributed by atoms with Gasteiger partial charge in [-0.05, 0) is 326 Å². The summed E-state index contributed by atoms with van der Waals surface area (Å²) in [5.74, 6) is 0. The van der Waals surface area contributed by atoms with Gasteiger partial charge < -0.3 is 18.3 Å². The molecule has 0 bridgehead atoms. The zero-order valence-electron chi connectivity index (χ0n) is 80.3. The van der Waals surface area contributed by atoms with Gasteiger partial charge >= 0.3 is 0 Å². The van der Waals surface area contributed by atoms with Gasteiger partial charge in [0.2, 0.25) is 0 Å². The van der Waals surface area contributed by atoms with E-state index in [4.69, 9.17) is 0 Å². The summed E-state index contributed by atoms with van der Waals surface area (Å²) in [7, 11) is 0. The Morgan fingerprint density at radius 1 is 0.104 bits per heavy atom. The predicted molar refractivity (Wildman–Crippen MR) is 614 cm³/mol. The third-order valence-electron chi connectivity index (χ3n) is 30.5. The van der Waals surface area contributed by atoms with Crippen LogP contribution in [0.2, 0.25) is 0 Å². The van der Waals surface area contributed by atoms with Crippen molar-refractivity contribution >= 4 is 130 Å². The standard InChI is InChI=1S/C76H52N2.C64H44N2/c1-49-45-69-70(46-50(49)2)76(58-39-35-54(36-40-58)52-27-31-56(32-28-52)60-42-44-74-68(48-60)64-20-12-14-24-72(64)78(74)62-17-7-4-8-18-62)66-22-10-9-21-65(66)75(69)57-37-33-53(34-38-57)51-25-29-55(30-26-51)59-41-43-73-67(47-59)63-19-11-13-23-71(63)77(73)61-15-5-3-6-16-61;1-41-37-57-58(38-42(41)2)64(46-31-27-44(28-32-46)48-34-36-62-56(40-48)52-20-12-14-24-60(52)66(62)50-17-7-4-8-18-50)54-22-10-9-21-53(54)63(57)45-29-25-43(26-30-45)47-33-35-61-55(39-47)51-19-11-13-23-59(51)65(61)49-15-5-3-6-16-49/h3-48H,1-2H3;3-40H,1-2H3. The van der Waals surface area contributed by atoms with Crippen LogP contribution < -0.4 is 0 Å². The molecule has 0 saturated carbocycles. The summed E-state index contributed by atoms with van der Waals surface area (Å²) in [4.78, 5) is 0. The molecule has 4 nitrogen and oxygen atoms in total. The van der Waals surface area contributed by atoms with E-state index >= 15 is 0 Å². The summed E-state index contributed by atoms with van der Waals surface area (Å²) < 4.78 is 9.50. The number of aromatic nitrogens is 4. The fourth-order valence-corrected chi connectivity index (χ4v) is 23.2. The Kier molecular flexibility index (Phi) is 20.5. The summed E-state index contributed by atoms with van der Waals surface area (Å²) in [6.45, 7) is 8.96. The van der Waals surface area contributed by atoms with Gasteiger partial charge in [0.1, 0.15) is 0 Å². The maximum atomic E-state index is 2.41. The quantitative estimate of drug-likeness (QED) is 0.0967. The highest BCUT2D eigenvalue weighted by Crippen LogP contribution is 2.50. The Hall–Kier alpha value is -18.5.